The lowest BCUT2D eigenvalue weighted by molar-refractivity contribution is -0.138. The maximum absolute atomic E-state index is 12.9. The summed E-state index contributed by atoms with van der Waals surface area (Å²) in [5.74, 6) is -0.478. The van der Waals surface area contributed by atoms with Crippen LogP contribution in [-0.4, -0.2) is 29.6 Å². The van der Waals surface area contributed by atoms with E-state index in [-0.39, 0.29) is 12.3 Å². The molecule has 0 aliphatic carbocycles. The summed E-state index contributed by atoms with van der Waals surface area (Å²) in [7, 11) is 1.58. The average Bonchev–Trinajstić information content (AvgIpc) is 2.90. The fourth-order valence-corrected chi connectivity index (χ4v) is 3.49. The third-order valence-corrected chi connectivity index (χ3v) is 4.61. The van der Waals surface area contributed by atoms with Gasteiger partial charge >= 0.3 is 5.97 Å². The fourth-order valence-electron chi connectivity index (χ4n) is 3.49. The fraction of sp³-hybridized carbons (Fsp3) is 0.238. The van der Waals surface area contributed by atoms with Crippen molar-refractivity contribution in [3.63, 3.8) is 0 Å². The first-order valence-electron chi connectivity index (χ1n) is 8.39. The van der Waals surface area contributed by atoms with Gasteiger partial charge in [0.1, 0.15) is 5.75 Å². The predicted octanol–water partition coefficient (Wildman–Crippen LogP) is 3.53. The molecule has 1 aliphatic rings. The zero-order valence-corrected chi connectivity index (χ0v) is 14.8. The number of aliphatic carboxylic acids is 1. The van der Waals surface area contributed by atoms with Crippen LogP contribution in [0.2, 0.25) is 0 Å². The van der Waals surface area contributed by atoms with Crippen LogP contribution in [0.5, 0.6) is 5.75 Å². The van der Waals surface area contributed by atoms with Gasteiger partial charge in [0.2, 0.25) is 0 Å². The molecule has 1 atom stereocenters. The molecule has 0 saturated heterocycles. The molecule has 2 aromatic rings. The number of benzene rings is 2. The number of carboxylic acid groups (broad SMARTS) is 1. The molecule has 5 nitrogen and oxygen atoms in total. The SMILES string of the molecule is COc1ccc2c(c1)CC(C)(CC(=O)O)N2C(=O)C=Cc1ccccc1. The van der Waals surface area contributed by atoms with Crippen LogP contribution in [0, 0.1) is 0 Å². The van der Waals surface area contributed by atoms with Gasteiger partial charge in [-0.3, -0.25) is 9.59 Å². The topological polar surface area (TPSA) is 66.8 Å². The van der Waals surface area contributed by atoms with Crippen molar-refractivity contribution < 1.29 is 19.4 Å². The highest BCUT2D eigenvalue weighted by Gasteiger charge is 2.44. The second kappa shape index (κ2) is 7.04. The van der Waals surface area contributed by atoms with Crippen LogP contribution in [0.3, 0.4) is 0 Å². The van der Waals surface area contributed by atoms with E-state index in [1.54, 1.807) is 24.2 Å². The quantitative estimate of drug-likeness (QED) is 0.837. The zero-order valence-electron chi connectivity index (χ0n) is 14.8. The third kappa shape index (κ3) is 3.47. The van der Waals surface area contributed by atoms with E-state index in [4.69, 9.17) is 4.74 Å². The molecule has 1 aliphatic heterocycles. The van der Waals surface area contributed by atoms with Crippen molar-refractivity contribution >= 4 is 23.6 Å². The van der Waals surface area contributed by atoms with Gasteiger partial charge in [0.15, 0.2) is 0 Å². The van der Waals surface area contributed by atoms with E-state index in [2.05, 4.69) is 0 Å². The number of fused-ring (bicyclic) bond motifs is 1. The Morgan fingerprint density at radius 1 is 1.23 bits per heavy atom. The summed E-state index contributed by atoms with van der Waals surface area (Å²) >= 11 is 0. The van der Waals surface area contributed by atoms with Gasteiger partial charge in [0.05, 0.1) is 19.1 Å². The zero-order chi connectivity index (χ0) is 18.7. The largest absolute Gasteiger partial charge is 0.497 e. The molecule has 1 N–H and O–H groups in total. The molecular formula is C21H21NO4. The number of rotatable bonds is 5. The Hall–Kier alpha value is -3.08. The minimum absolute atomic E-state index is 0.130. The van der Waals surface area contributed by atoms with Crippen LogP contribution in [-0.2, 0) is 16.0 Å². The minimum atomic E-state index is -0.933. The molecule has 5 heteroatoms. The monoisotopic (exact) mass is 351 g/mol. The number of ether oxygens (including phenoxy) is 1. The molecule has 0 radical (unpaired) electrons. The van der Waals surface area contributed by atoms with Crippen molar-refractivity contribution in [1.82, 2.24) is 0 Å². The van der Waals surface area contributed by atoms with Crippen LogP contribution in [0.15, 0.2) is 54.6 Å². The summed E-state index contributed by atoms with van der Waals surface area (Å²) in [4.78, 5) is 25.9. The molecule has 0 bridgehead atoms. The van der Waals surface area contributed by atoms with Gasteiger partial charge in [-0.15, -0.1) is 0 Å². The van der Waals surface area contributed by atoms with Crippen LogP contribution in [0.4, 0.5) is 5.69 Å². The number of anilines is 1. The molecule has 1 amide bonds. The maximum atomic E-state index is 12.9. The molecule has 0 spiro atoms. The molecule has 3 rings (SSSR count). The van der Waals surface area contributed by atoms with Crippen LogP contribution in [0.25, 0.3) is 6.08 Å². The number of hydrogen-bond donors (Lipinski definition) is 1. The first-order chi connectivity index (χ1) is 12.4. The van der Waals surface area contributed by atoms with E-state index in [0.29, 0.717) is 12.2 Å². The van der Waals surface area contributed by atoms with Gasteiger partial charge in [-0.1, -0.05) is 30.3 Å². The minimum Gasteiger partial charge on any atom is -0.497 e. The van der Waals surface area contributed by atoms with Crippen molar-refractivity contribution in [3.8, 4) is 5.75 Å². The predicted molar refractivity (Wildman–Crippen MR) is 100 cm³/mol. The Morgan fingerprint density at radius 2 is 1.96 bits per heavy atom. The first-order valence-corrected chi connectivity index (χ1v) is 8.39. The summed E-state index contributed by atoms with van der Waals surface area (Å²) in [6.07, 6.45) is 3.57. The van der Waals surface area contributed by atoms with Gasteiger partial charge in [-0.25, -0.2) is 0 Å². The second-order valence-corrected chi connectivity index (χ2v) is 6.66. The van der Waals surface area contributed by atoms with Gasteiger partial charge < -0.3 is 14.7 Å². The van der Waals surface area contributed by atoms with Crippen LogP contribution >= 0.6 is 0 Å². The highest BCUT2D eigenvalue weighted by molar-refractivity contribution is 6.06. The summed E-state index contributed by atoms with van der Waals surface area (Å²) in [6.45, 7) is 1.81. The standard InChI is InChI=1S/C21H21NO4/c1-21(14-20(24)25)13-16-12-17(26-2)9-10-18(16)22(21)19(23)11-8-15-6-4-3-5-7-15/h3-12H,13-14H2,1-2H3,(H,24,25). The Kier molecular flexibility index (Phi) is 4.80. The number of carboxylic acids is 1. The average molecular weight is 351 g/mol. The Bertz CT molecular complexity index is 860. The Morgan fingerprint density at radius 3 is 2.62 bits per heavy atom. The normalized spacial score (nSPS) is 18.8. The smallest absolute Gasteiger partial charge is 0.305 e. The molecule has 0 fully saturated rings. The molecule has 1 unspecified atom stereocenters. The lowest BCUT2D eigenvalue weighted by Crippen LogP contribution is -2.48. The summed E-state index contributed by atoms with van der Waals surface area (Å²) in [5, 5.41) is 9.35. The first kappa shape index (κ1) is 17.7. The number of nitrogens with zero attached hydrogens (tertiary/aromatic N) is 1. The van der Waals surface area contributed by atoms with Crippen LogP contribution in [0.1, 0.15) is 24.5 Å². The molecule has 2 aromatic carbocycles. The highest BCUT2D eigenvalue weighted by Crippen LogP contribution is 2.42. The molecule has 26 heavy (non-hydrogen) atoms. The molecule has 0 aromatic heterocycles. The van der Waals surface area contributed by atoms with Gasteiger partial charge in [0, 0.05) is 11.8 Å². The second-order valence-electron chi connectivity index (χ2n) is 6.66. The molecular weight excluding hydrogens is 330 g/mol. The van der Waals surface area contributed by atoms with Crippen molar-refractivity contribution in [2.75, 3.05) is 12.0 Å². The van der Waals surface area contributed by atoms with Crippen molar-refractivity contribution in [3.05, 3.63) is 65.7 Å². The number of carbonyl (C=O) groups excluding carboxylic acids is 1. The van der Waals surface area contributed by atoms with Crippen molar-refractivity contribution in [2.45, 2.75) is 25.3 Å². The summed E-state index contributed by atoms with van der Waals surface area (Å²) < 4.78 is 5.26. The molecule has 0 saturated carbocycles. The van der Waals surface area contributed by atoms with E-state index in [0.717, 1.165) is 16.8 Å². The maximum Gasteiger partial charge on any atom is 0.305 e. The number of amides is 1. The van der Waals surface area contributed by atoms with Gasteiger partial charge in [0.25, 0.3) is 5.91 Å². The van der Waals surface area contributed by atoms with Crippen molar-refractivity contribution in [2.24, 2.45) is 0 Å². The third-order valence-electron chi connectivity index (χ3n) is 4.61. The van der Waals surface area contributed by atoms with E-state index < -0.39 is 11.5 Å². The highest BCUT2D eigenvalue weighted by atomic mass is 16.5. The van der Waals surface area contributed by atoms with Gasteiger partial charge in [-0.05, 0) is 48.7 Å². The Labute approximate surface area is 152 Å². The summed E-state index contributed by atoms with van der Waals surface area (Å²) in [5.41, 5.74) is 1.74. The molecule has 1 heterocycles. The number of carbonyl (C=O) groups is 2. The summed E-state index contributed by atoms with van der Waals surface area (Å²) in [6, 6.07) is 15.0. The number of hydrogen-bond acceptors (Lipinski definition) is 3. The van der Waals surface area contributed by atoms with Crippen LogP contribution < -0.4 is 9.64 Å². The Balaban J connectivity index is 1.96. The van der Waals surface area contributed by atoms with Crippen molar-refractivity contribution in [1.29, 1.82) is 0 Å². The lowest BCUT2D eigenvalue weighted by Gasteiger charge is -2.33. The van der Waals surface area contributed by atoms with Gasteiger partial charge in [-0.2, -0.15) is 0 Å². The van der Waals surface area contributed by atoms with E-state index in [1.807, 2.05) is 49.4 Å². The lowest BCUT2D eigenvalue weighted by atomic mass is 9.92. The molecule has 134 valence electrons. The van der Waals surface area contributed by atoms with E-state index >= 15 is 0 Å². The van der Waals surface area contributed by atoms with E-state index in [9.17, 15) is 14.7 Å². The van der Waals surface area contributed by atoms with E-state index in [1.165, 1.54) is 6.08 Å². The number of methoxy groups -OCH3 is 1.